The molecule has 1 aromatic heterocycles. The van der Waals surface area contributed by atoms with E-state index < -0.39 is 36.4 Å². The molecule has 246 valence electrons. The SMILES string of the molecule is CC(=O)OC[C@@H](OC(C)=O)C(CO[C@H](C)OC/C=C\COCc1cn(CCOCCOCCOCCO)nn1)OC(C)=O. The van der Waals surface area contributed by atoms with Crippen molar-refractivity contribution in [2.45, 2.75) is 59.3 Å². The Morgan fingerprint density at radius 3 is 2.05 bits per heavy atom. The number of esters is 3. The molecule has 43 heavy (non-hydrogen) atoms. The van der Waals surface area contributed by atoms with Gasteiger partial charge in [0.2, 0.25) is 0 Å². The number of aliphatic hydroxyl groups excluding tert-OH is 1. The molecule has 0 aromatic carbocycles. The standard InChI is InChI=1S/C27H45N3O13/c1-21(32)40-19-26(42-22(2)33)27(43-23(3)34)20-41-24(4)39-10-6-5-9-38-18-25-17-30(29-28-25)7-11-35-13-15-37-16-14-36-12-8-31/h5-6,17,24,26-27,31H,7-16,18-20H2,1-4H3/b6-5-/t24-,26-,27?/m1/s1. The molecule has 0 amide bonds. The maximum Gasteiger partial charge on any atom is 0.303 e. The van der Waals surface area contributed by atoms with Gasteiger partial charge in [0.1, 0.15) is 12.3 Å². The number of aromatic nitrogens is 3. The van der Waals surface area contributed by atoms with Crippen molar-refractivity contribution in [3.8, 4) is 0 Å². The Kier molecular flexibility index (Phi) is 21.6. The van der Waals surface area contributed by atoms with E-state index in [0.29, 0.717) is 58.5 Å². The van der Waals surface area contributed by atoms with Crippen molar-refractivity contribution in [3.63, 3.8) is 0 Å². The summed E-state index contributed by atoms with van der Waals surface area (Å²) < 4.78 is 49.6. The monoisotopic (exact) mass is 619 g/mol. The first-order chi connectivity index (χ1) is 20.7. The van der Waals surface area contributed by atoms with Crippen LogP contribution in [0, 0.1) is 0 Å². The fraction of sp³-hybridized carbons (Fsp3) is 0.741. The molecule has 1 unspecified atom stereocenters. The molecule has 0 saturated heterocycles. The Balaban J connectivity index is 2.21. The number of aliphatic hydroxyl groups is 1. The number of nitrogens with zero attached hydrogens (tertiary/aromatic N) is 3. The summed E-state index contributed by atoms with van der Waals surface area (Å²) in [7, 11) is 0. The second-order valence-electron chi connectivity index (χ2n) is 8.85. The van der Waals surface area contributed by atoms with Crippen LogP contribution in [0.5, 0.6) is 0 Å². The lowest BCUT2D eigenvalue weighted by molar-refractivity contribution is -0.190. The van der Waals surface area contributed by atoms with Gasteiger partial charge >= 0.3 is 17.9 Å². The Morgan fingerprint density at radius 2 is 1.42 bits per heavy atom. The summed E-state index contributed by atoms with van der Waals surface area (Å²) in [6.45, 7) is 8.76. The molecule has 16 nitrogen and oxygen atoms in total. The zero-order chi connectivity index (χ0) is 31.7. The van der Waals surface area contributed by atoms with Gasteiger partial charge in [0.05, 0.1) is 85.4 Å². The van der Waals surface area contributed by atoms with Gasteiger partial charge in [-0.2, -0.15) is 0 Å². The van der Waals surface area contributed by atoms with Gasteiger partial charge in [-0.3, -0.25) is 14.4 Å². The summed E-state index contributed by atoms with van der Waals surface area (Å²) in [5, 5.41) is 16.7. The first-order valence-electron chi connectivity index (χ1n) is 13.9. The molecule has 0 aliphatic heterocycles. The molecule has 0 fully saturated rings. The van der Waals surface area contributed by atoms with E-state index in [1.807, 2.05) is 0 Å². The van der Waals surface area contributed by atoms with Crippen molar-refractivity contribution >= 4 is 17.9 Å². The minimum atomic E-state index is -1.04. The first kappa shape index (κ1) is 38.0. The molecule has 0 saturated carbocycles. The molecule has 1 rings (SSSR count). The lowest BCUT2D eigenvalue weighted by Crippen LogP contribution is -2.42. The minimum absolute atomic E-state index is 0.000770. The van der Waals surface area contributed by atoms with E-state index in [0.717, 1.165) is 0 Å². The van der Waals surface area contributed by atoms with Gasteiger partial charge < -0.3 is 47.7 Å². The quantitative estimate of drug-likeness (QED) is 0.0487. The second-order valence-corrected chi connectivity index (χ2v) is 8.85. The zero-order valence-electron chi connectivity index (χ0n) is 25.3. The Labute approximate surface area is 251 Å². The molecular formula is C27H45N3O13. The highest BCUT2D eigenvalue weighted by molar-refractivity contribution is 5.68. The lowest BCUT2D eigenvalue weighted by atomic mass is 10.2. The van der Waals surface area contributed by atoms with Crippen molar-refractivity contribution in [2.75, 3.05) is 72.7 Å². The van der Waals surface area contributed by atoms with Crippen molar-refractivity contribution in [1.82, 2.24) is 15.0 Å². The highest BCUT2D eigenvalue weighted by atomic mass is 16.7. The predicted molar refractivity (Wildman–Crippen MR) is 147 cm³/mol. The van der Waals surface area contributed by atoms with E-state index >= 15 is 0 Å². The van der Waals surface area contributed by atoms with Crippen LogP contribution in [0.3, 0.4) is 0 Å². The Hall–Kier alpha value is -2.99. The van der Waals surface area contributed by atoms with Crippen molar-refractivity contribution < 1.29 is 62.1 Å². The summed E-state index contributed by atoms with van der Waals surface area (Å²) in [5.41, 5.74) is 0.681. The van der Waals surface area contributed by atoms with Gasteiger partial charge in [-0.15, -0.1) is 5.10 Å². The van der Waals surface area contributed by atoms with Gasteiger partial charge in [0, 0.05) is 20.8 Å². The van der Waals surface area contributed by atoms with Gasteiger partial charge in [-0.05, 0) is 6.92 Å². The molecule has 16 heteroatoms. The van der Waals surface area contributed by atoms with Gasteiger partial charge in [0.25, 0.3) is 0 Å². The fourth-order valence-electron chi connectivity index (χ4n) is 3.18. The van der Waals surface area contributed by atoms with Gasteiger partial charge in [-0.1, -0.05) is 17.4 Å². The molecule has 0 bridgehead atoms. The minimum Gasteiger partial charge on any atom is -0.462 e. The third-order valence-electron chi connectivity index (χ3n) is 5.08. The summed E-state index contributed by atoms with van der Waals surface area (Å²) in [6.07, 6.45) is 2.60. The molecule has 1 aromatic rings. The highest BCUT2D eigenvalue weighted by Crippen LogP contribution is 2.10. The van der Waals surface area contributed by atoms with Gasteiger partial charge in [0.15, 0.2) is 18.5 Å². The molecule has 0 radical (unpaired) electrons. The maximum atomic E-state index is 11.5. The topological polar surface area (TPSA) is 185 Å². The normalized spacial score (nSPS) is 13.5. The first-order valence-corrected chi connectivity index (χ1v) is 13.9. The lowest BCUT2D eigenvalue weighted by Gasteiger charge is -2.26. The molecule has 1 heterocycles. The highest BCUT2D eigenvalue weighted by Gasteiger charge is 2.29. The van der Waals surface area contributed by atoms with Crippen molar-refractivity contribution in [1.29, 1.82) is 0 Å². The molecule has 0 spiro atoms. The predicted octanol–water partition coefficient (Wildman–Crippen LogP) is 0.199. The summed E-state index contributed by atoms with van der Waals surface area (Å²) in [6, 6.07) is 0. The number of ether oxygens (including phenoxy) is 9. The molecule has 0 aliphatic carbocycles. The largest absolute Gasteiger partial charge is 0.462 e. The van der Waals surface area contributed by atoms with Crippen LogP contribution in [0.4, 0.5) is 0 Å². The van der Waals surface area contributed by atoms with E-state index in [2.05, 4.69) is 10.3 Å². The number of carbonyl (C=O) groups excluding carboxylic acids is 3. The molecule has 0 aliphatic rings. The van der Waals surface area contributed by atoms with Crippen LogP contribution in [0.2, 0.25) is 0 Å². The van der Waals surface area contributed by atoms with E-state index in [-0.39, 0.29) is 33.0 Å². The molecule has 3 atom stereocenters. The number of hydrogen-bond donors (Lipinski definition) is 1. The van der Waals surface area contributed by atoms with Crippen LogP contribution < -0.4 is 0 Å². The van der Waals surface area contributed by atoms with Gasteiger partial charge in [-0.25, -0.2) is 4.68 Å². The van der Waals surface area contributed by atoms with E-state index in [1.54, 1.807) is 30.0 Å². The summed E-state index contributed by atoms with van der Waals surface area (Å²) >= 11 is 0. The summed E-state index contributed by atoms with van der Waals surface area (Å²) in [4.78, 5) is 34.1. The number of rotatable bonds is 26. The van der Waals surface area contributed by atoms with E-state index in [1.165, 1.54) is 20.8 Å². The van der Waals surface area contributed by atoms with Crippen LogP contribution in [0.1, 0.15) is 33.4 Å². The van der Waals surface area contributed by atoms with E-state index in [9.17, 15) is 14.4 Å². The smallest absolute Gasteiger partial charge is 0.303 e. The van der Waals surface area contributed by atoms with Crippen LogP contribution in [-0.4, -0.2) is 129 Å². The average molecular weight is 620 g/mol. The summed E-state index contributed by atoms with van der Waals surface area (Å²) in [5.74, 6) is -1.81. The van der Waals surface area contributed by atoms with Crippen molar-refractivity contribution in [3.05, 3.63) is 24.0 Å². The van der Waals surface area contributed by atoms with E-state index in [4.69, 9.17) is 47.7 Å². The van der Waals surface area contributed by atoms with Crippen LogP contribution in [0.25, 0.3) is 0 Å². The zero-order valence-corrected chi connectivity index (χ0v) is 25.3. The van der Waals surface area contributed by atoms with Crippen LogP contribution >= 0.6 is 0 Å². The fourth-order valence-corrected chi connectivity index (χ4v) is 3.18. The van der Waals surface area contributed by atoms with Crippen LogP contribution in [-0.2, 0) is 70.2 Å². The second kappa shape index (κ2) is 24.5. The third kappa shape index (κ3) is 21.4. The Morgan fingerprint density at radius 1 is 0.814 bits per heavy atom. The Bertz CT molecular complexity index is 928. The molecular weight excluding hydrogens is 574 g/mol. The molecule has 1 N–H and O–H groups in total. The van der Waals surface area contributed by atoms with Crippen LogP contribution in [0.15, 0.2) is 18.3 Å². The maximum absolute atomic E-state index is 11.5. The van der Waals surface area contributed by atoms with Crippen molar-refractivity contribution in [2.24, 2.45) is 0 Å². The average Bonchev–Trinajstić information content (AvgIpc) is 3.40. The number of hydrogen-bond acceptors (Lipinski definition) is 15. The number of carbonyl (C=O) groups is 3. The third-order valence-corrected chi connectivity index (χ3v) is 5.08.